The molecule has 0 amide bonds. The number of halogens is 4. The summed E-state index contributed by atoms with van der Waals surface area (Å²) in [4.78, 5) is 0. The Morgan fingerprint density at radius 1 is 1.33 bits per heavy atom. The molecule has 1 heterocycles. The second-order valence-corrected chi connectivity index (χ2v) is 5.66. The number of hydrogen-bond acceptors (Lipinski definition) is 2. The molecule has 0 saturated carbocycles. The summed E-state index contributed by atoms with van der Waals surface area (Å²) in [6.07, 6.45) is -2.76. The van der Waals surface area contributed by atoms with E-state index in [0.29, 0.717) is 5.56 Å². The summed E-state index contributed by atoms with van der Waals surface area (Å²) in [6, 6.07) is 2.55. The lowest BCUT2D eigenvalue weighted by Gasteiger charge is -2.20. The molecule has 1 aromatic carbocycles. The van der Waals surface area contributed by atoms with Crippen LogP contribution in [-0.2, 0) is 6.18 Å². The highest BCUT2D eigenvalue weighted by Gasteiger charge is 2.35. The first-order valence-corrected chi connectivity index (χ1v) is 6.68. The average molecular weight is 279 g/mol. The minimum absolute atomic E-state index is 0.122. The van der Waals surface area contributed by atoms with Gasteiger partial charge in [0.25, 0.3) is 0 Å². The third-order valence-corrected chi connectivity index (χ3v) is 4.53. The Bertz CT molecular complexity index is 427. The van der Waals surface area contributed by atoms with Crippen molar-refractivity contribution in [2.24, 2.45) is 5.73 Å². The molecule has 2 unspecified atom stereocenters. The van der Waals surface area contributed by atoms with Crippen LogP contribution in [0, 0.1) is 5.82 Å². The summed E-state index contributed by atoms with van der Waals surface area (Å²) in [5.41, 5.74) is 5.06. The van der Waals surface area contributed by atoms with Crippen molar-refractivity contribution >= 4 is 11.8 Å². The zero-order valence-electron chi connectivity index (χ0n) is 9.51. The van der Waals surface area contributed by atoms with Gasteiger partial charge in [-0.1, -0.05) is 6.07 Å². The number of alkyl halides is 3. The smallest absolute Gasteiger partial charge is 0.323 e. The molecule has 6 heteroatoms. The third-order valence-electron chi connectivity index (χ3n) is 3.05. The van der Waals surface area contributed by atoms with Gasteiger partial charge < -0.3 is 5.73 Å². The number of nitrogens with two attached hydrogens (primary N) is 1. The Balaban J connectivity index is 2.28. The highest BCUT2D eigenvalue weighted by atomic mass is 32.2. The fraction of sp³-hybridized carbons (Fsp3) is 0.500. The summed E-state index contributed by atoms with van der Waals surface area (Å²) in [5.74, 6) is -0.274. The summed E-state index contributed by atoms with van der Waals surface area (Å²) >= 11 is 1.66. The quantitative estimate of drug-likeness (QED) is 0.835. The number of thioether (sulfide) groups is 1. The maximum absolute atomic E-state index is 13.1. The molecule has 1 aliphatic heterocycles. The van der Waals surface area contributed by atoms with Gasteiger partial charge in [0.2, 0.25) is 0 Å². The molecule has 1 saturated heterocycles. The van der Waals surface area contributed by atoms with Crippen LogP contribution in [0.4, 0.5) is 17.6 Å². The van der Waals surface area contributed by atoms with Gasteiger partial charge in [-0.15, -0.1) is 0 Å². The minimum Gasteiger partial charge on any atom is -0.323 e. The van der Waals surface area contributed by atoms with Gasteiger partial charge in [0.1, 0.15) is 5.82 Å². The molecular formula is C12H13F4NS. The molecule has 2 atom stereocenters. The molecule has 1 fully saturated rings. The van der Waals surface area contributed by atoms with Gasteiger partial charge in [-0.25, -0.2) is 4.39 Å². The van der Waals surface area contributed by atoms with E-state index in [4.69, 9.17) is 5.73 Å². The first kappa shape index (κ1) is 13.7. The molecule has 1 nitrogen and oxygen atoms in total. The van der Waals surface area contributed by atoms with Gasteiger partial charge in [-0.2, -0.15) is 24.9 Å². The van der Waals surface area contributed by atoms with Gasteiger partial charge in [0.05, 0.1) is 5.56 Å². The monoisotopic (exact) mass is 279 g/mol. The van der Waals surface area contributed by atoms with Crippen molar-refractivity contribution in [3.05, 3.63) is 35.1 Å². The molecule has 18 heavy (non-hydrogen) atoms. The Labute approximate surface area is 107 Å². The van der Waals surface area contributed by atoms with Gasteiger partial charge in [0, 0.05) is 11.3 Å². The van der Waals surface area contributed by atoms with Gasteiger partial charge in [-0.05, 0) is 36.3 Å². The lowest BCUT2D eigenvalue weighted by molar-refractivity contribution is -0.140. The van der Waals surface area contributed by atoms with Crippen LogP contribution in [0.3, 0.4) is 0 Å². The van der Waals surface area contributed by atoms with E-state index >= 15 is 0 Å². The van der Waals surface area contributed by atoms with Crippen molar-refractivity contribution in [1.82, 2.24) is 0 Å². The average Bonchev–Trinajstić information content (AvgIpc) is 2.80. The molecular weight excluding hydrogens is 266 g/mol. The highest BCUT2D eigenvalue weighted by molar-refractivity contribution is 8.00. The molecule has 0 aromatic heterocycles. The van der Waals surface area contributed by atoms with E-state index in [9.17, 15) is 17.6 Å². The van der Waals surface area contributed by atoms with E-state index in [-0.39, 0.29) is 5.25 Å². The van der Waals surface area contributed by atoms with Crippen molar-refractivity contribution in [3.8, 4) is 0 Å². The summed E-state index contributed by atoms with van der Waals surface area (Å²) in [7, 11) is 0. The normalized spacial score (nSPS) is 22.2. The van der Waals surface area contributed by atoms with Crippen LogP contribution < -0.4 is 5.73 Å². The van der Waals surface area contributed by atoms with Crippen molar-refractivity contribution in [2.45, 2.75) is 30.3 Å². The van der Waals surface area contributed by atoms with E-state index in [1.54, 1.807) is 11.8 Å². The lowest BCUT2D eigenvalue weighted by atomic mass is 9.99. The standard InChI is InChI=1S/C12H13F4NS/c13-9-4-3-7(6-8(9)12(14,15)16)11(17)10-2-1-5-18-10/h3-4,6,10-11H,1-2,5,17H2. The van der Waals surface area contributed by atoms with Crippen molar-refractivity contribution < 1.29 is 17.6 Å². The minimum atomic E-state index is -4.68. The van der Waals surface area contributed by atoms with Crippen LogP contribution >= 0.6 is 11.8 Å². The summed E-state index contributed by atoms with van der Waals surface area (Å²) < 4.78 is 50.9. The topological polar surface area (TPSA) is 26.0 Å². The first-order chi connectivity index (χ1) is 8.39. The predicted molar refractivity (Wildman–Crippen MR) is 63.8 cm³/mol. The second-order valence-electron chi connectivity index (χ2n) is 4.31. The van der Waals surface area contributed by atoms with Crippen LogP contribution in [0.25, 0.3) is 0 Å². The molecule has 0 bridgehead atoms. The van der Waals surface area contributed by atoms with E-state index in [1.165, 1.54) is 6.07 Å². The van der Waals surface area contributed by atoms with Gasteiger partial charge in [0.15, 0.2) is 0 Å². The largest absolute Gasteiger partial charge is 0.419 e. The van der Waals surface area contributed by atoms with Crippen molar-refractivity contribution in [2.75, 3.05) is 5.75 Å². The van der Waals surface area contributed by atoms with Gasteiger partial charge >= 0.3 is 6.18 Å². The summed E-state index contributed by atoms with van der Waals surface area (Å²) in [6.45, 7) is 0. The first-order valence-electron chi connectivity index (χ1n) is 5.63. The molecule has 2 N–H and O–H groups in total. The SMILES string of the molecule is NC(c1ccc(F)c(C(F)(F)F)c1)C1CCCS1. The maximum Gasteiger partial charge on any atom is 0.419 e. The Morgan fingerprint density at radius 2 is 2.06 bits per heavy atom. The maximum atomic E-state index is 13.1. The van der Waals surface area contributed by atoms with Crippen LogP contribution in [0.2, 0.25) is 0 Å². The van der Waals surface area contributed by atoms with E-state index in [1.807, 2.05) is 0 Å². The Kier molecular flexibility index (Phi) is 3.87. The van der Waals surface area contributed by atoms with Gasteiger partial charge in [-0.3, -0.25) is 0 Å². The molecule has 100 valence electrons. The fourth-order valence-corrected chi connectivity index (χ4v) is 3.40. The molecule has 0 spiro atoms. The van der Waals surface area contributed by atoms with Crippen LogP contribution in [0.1, 0.15) is 30.0 Å². The zero-order chi connectivity index (χ0) is 13.3. The van der Waals surface area contributed by atoms with E-state index in [0.717, 1.165) is 30.7 Å². The van der Waals surface area contributed by atoms with Crippen molar-refractivity contribution in [3.63, 3.8) is 0 Å². The molecule has 1 aromatic rings. The van der Waals surface area contributed by atoms with Crippen molar-refractivity contribution in [1.29, 1.82) is 0 Å². The number of benzene rings is 1. The Hall–Kier alpha value is -0.750. The third kappa shape index (κ3) is 2.80. The molecule has 0 radical (unpaired) electrons. The predicted octanol–water partition coefficient (Wildman–Crippen LogP) is 3.74. The molecule has 1 aliphatic rings. The van der Waals surface area contributed by atoms with Crippen LogP contribution in [0.15, 0.2) is 18.2 Å². The Morgan fingerprint density at radius 3 is 2.61 bits per heavy atom. The molecule has 0 aliphatic carbocycles. The highest BCUT2D eigenvalue weighted by Crippen LogP contribution is 2.37. The van der Waals surface area contributed by atoms with Crippen LogP contribution in [-0.4, -0.2) is 11.0 Å². The zero-order valence-corrected chi connectivity index (χ0v) is 10.3. The summed E-state index contributed by atoms with van der Waals surface area (Å²) in [5, 5.41) is 0.122. The van der Waals surface area contributed by atoms with Crippen LogP contribution in [0.5, 0.6) is 0 Å². The fourth-order valence-electron chi connectivity index (χ4n) is 2.07. The number of rotatable bonds is 2. The second kappa shape index (κ2) is 5.09. The van der Waals surface area contributed by atoms with E-state index < -0.39 is 23.6 Å². The number of hydrogen-bond donors (Lipinski definition) is 1. The molecule has 2 rings (SSSR count). The van der Waals surface area contributed by atoms with E-state index in [2.05, 4.69) is 0 Å². The lowest BCUT2D eigenvalue weighted by Crippen LogP contribution is -2.22.